The molecule has 0 amide bonds. The lowest BCUT2D eigenvalue weighted by Crippen LogP contribution is -2.49. The summed E-state index contributed by atoms with van der Waals surface area (Å²) in [6.07, 6.45) is 0. The van der Waals surface area contributed by atoms with E-state index in [1.807, 2.05) is 6.07 Å². The Balaban J connectivity index is 1.94. The van der Waals surface area contributed by atoms with E-state index in [-0.39, 0.29) is 7.05 Å². The van der Waals surface area contributed by atoms with E-state index >= 15 is 0 Å². The molecule has 1 aliphatic rings. The van der Waals surface area contributed by atoms with Gasteiger partial charge in [-0.3, -0.25) is 0 Å². The van der Waals surface area contributed by atoms with E-state index in [4.69, 9.17) is 4.65 Å². The predicted molar refractivity (Wildman–Crippen MR) is 102 cm³/mol. The monoisotopic (exact) mass is 313 g/mol. The zero-order valence-electron chi connectivity index (χ0n) is 14.3. The molecule has 0 unspecified atom stereocenters. The van der Waals surface area contributed by atoms with Gasteiger partial charge in [-0.25, -0.2) is 0 Å². The number of rotatable bonds is 2. The lowest BCUT2D eigenvalue weighted by atomic mass is 9.67. The average Bonchev–Trinajstić information content (AvgIpc) is 2.96. The van der Waals surface area contributed by atoms with Gasteiger partial charge in [-0.2, -0.15) is 0 Å². The first kappa shape index (κ1) is 14.9. The number of fused-ring (bicyclic) bond motifs is 1. The number of hydrogen-bond donors (Lipinski definition) is 0. The van der Waals surface area contributed by atoms with E-state index in [0.717, 1.165) is 17.1 Å². The second-order valence-electron chi connectivity index (χ2n) is 6.40. The second kappa shape index (κ2) is 5.75. The van der Waals surface area contributed by atoms with Crippen molar-refractivity contribution < 1.29 is 4.65 Å². The average molecular weight is 313 g/mol. The summed E-state index contributed by atoms with van der Waals surface area (Å²) in [5.41, 5.74) is 7.30. The van der Waals surface area contributed by atoms with Crippen LogP contribution in [0.4, 0.5) is 11.4 Å². The van der Waals surface area contributed by atoms with Crippen molar-refractivity contribution in [1.82, 2.24) is 0 Å². The highest BCUT2D eigenvalue weighted by atomic mass is 16.5. The molecule has 4 rings (SSSR count). The summed E-state index contributed by atoms with van der Waals surface area (Å²) in [6.45, 7) is 6.46. The Kier molecular flexibility index (Phi) is 3.57. The maximum absolute atomic E-state index is 6.43. The van der Waals surface area contributed by atoms with Gasteiger partial charge < -0.3 is 9.47 Å². The highest BCUT2D eigenvalue weighted by Gasteiger charge is 2.41. The highest BCUT2D eigenvalue weighted by molar-refractivity contribution is 6.75. The molecule has 0 saturated heterocycles. The van der Waals surface area contributed by atoms with Crippen LogP contribution in [0.2, 0.25) is 0 Å². The van der Waals surface area contributed by atoms with Gasteiger partial charge in [0.25, 0.3) is 0 Å². The van der Waals surface area contributed by atoms with E-state index in [1.54, 1.807) is 0 Å². The number of hydrogen-bond acceptors (Lipinski definition) is 2. The van der Waals surface area contributed by atoms with Crippen LogP contribution in [0.15, 0.2) is 66.7 Å². The lowest BCUT2D eigenvalue weighted by Gasteiger charge is -2.25. The van der Waals surface area contributed by atoms with Crippen LogP contribution in [0.5, 0.6) is 5.75 Å². The molecule has 24 heavy (non-hydrogen) atoms. The van der Waals surface area contributed by atoms with Gasteiger partial charge in [0, 0.05) is 5.69 Å². The fourth-order valence-electron chi connectivity index (χ4n) is 3.58. The summed E-state index contributed by atoms with van der Waals surface area (Å²) in [5.74, 6) is 0.950. The van der Waals surface area contributed by atoms with Crippen LogP contribution in [0, 0.1) is 20.8 Å². The standard InChI is InChI=1S/C21H20BNO/c1-15-9-7-10-16(2)20(15)22-23(18-12-5-4-6-13-18)21-17(3)11-8-14-19(21)24-22/h4-14H,1-3H3. The van der Waals surface area contributed by atoms with Gasteiger partial charge in [-0.05, 0) is 50.0 Å². The van der Waals surface area contributed by atoms with Crippen molar-refractivity contribution in [3.05, 3.63) is 83.4 Å². The fourth-order valence-corrected chi connectivity index (χ4v) is 3.58. The third kappa shape index (κ3) is 2.28. The van der Waals surface area contributed by atoms with E-state index in [2.05, 4.69) is 86.2 Å². The van der Waals surface area contributed by atoms with Gasteiger partial charge in [-0.15, -0.1) is 0 Å². The molecule has 0 bridgehead atoms. The van der Waals surface area contributed by atoms with Gasteiger partial charge >= 0.3 is 7.05 Å². The Morgan fingerprint density at radius 3 is 2.04 bits per heavy atom. The maximum atomic E-state index is 6.43. The Bertz CT molecular complexity index is 871. The van der Waals surface area contributed by atoms with Gasteiger partial charge in [0.2, 0.25) is 0 Å². The maximum Gasteiger partial charge on any atom is 0.524 e. The minimum absolute atomic E-state index is 0.135. The van der Waals surface area contributed by atoms with Crippen molar-refractivity contribution in [2.24, 2.45) is 0 Å². The normalized spacial score (nSPS) is 13.0. The molecule has 3 aromatic rings. The summed E-state index contributed by atoms with van der Waals surface area (Å²) in [7, 11) is -0.135. The van der Waals surface area contributed by atoms with E-state index in [1.165, 1.54) is 22.2 Å². The molecule has 0 radical (unpaired) electrons. The number of benzene rings is 3. The summed E-state index contributed by atoms with van der Waals surface area (Å²) in [6, 6.07) is 23.2. The van der Waals surface area contributed by atoms with Crippen molar-refractivity contribution in [2.75, 3.05) is 4.81 Å². The first-order valence-electron chi connectivity index (χ1n) is 8.33. The third-order valence-corrected chi connectivity index (χ3v) is 4.74. The summed E-state index contributed by atoms with van der Waals surface area (Å²) < 4.78 is 6.43. The number of aryl methyl sites for hydroxylation is 3. The third-order valence-electron chi connectivity index (χ3n) is 4.74. The van der Waals surface area contributed by atoms with Gasteiger partial charge in [-0.1, -0.05) is 59.7 Å². The van der Waals surface area contributed by atoms with Crippen LogP contribution in [0.1, 0.15) is 16.7 Å². The van der Waals surface area contributed by atoms with Gasteiger partial charge in [0.15, 0.2) is 0 Å². The molecule has 1 aliphatic heterocycles. The number of anilines is 2. The van der Waals surface area contributed by atoms with E-state index < -0.39 is 0 Å². The smallest absolute Gasteiger partial charge is 0.524 e. The first-order valence-corrected chi connectivity index (χ1v) is 8.33. The fraction of sp³-hybridized carbons (Fsp3) is 0.143. The SMILES string of the molecule is Cc1cccc(C)c1B1Oc2cccc(C)c2N1c1ccccc1. The van der Waals surface area contributed by atoms with Crippen molar-refractivity contribution in [3.8, 4) is 5.75 Å². The minimum atomic E-state index is -0.135. The minimum Gasteiger partial charge on any atom is -0.536 e. The summed E-state index contributed by atoms with van der Waals surface area (Å²) >= 11 is 0. The molecule has 3 heteroatoms. The van der Waals surface area contributed by atoms with Crippen LogP contribution >= 0.6 is 0 Å². The molecule has 0 N–H and O–H groups in total. The Morgan fingerprint density at radius 1 is 0.708 bits per heavy atom. The zero-order chi connectivity index (χ0) is 16.7. The molecule has 1 heterocycles. The Morgan fingerprint density at radius 2 is 1.33 bits per heavy atom. The Hall–Kier alpha value is -2.68. The van der Waals surface area contributed by atoms with Crippen LogP contribution in [0.25, 0.3) is 0 Å². The molecule has 0 saturated carbocycles. The molecule has 3 aromatic carbocycles. The lowest BCUT2D eigenvalue weighted by molar-refractivity contribution is 0.603. The van der Waals surface area contributed by atoms with Crippen LogP contribution in [-0.4, -0.2) is 7.05 Å². The summed E-state index contributed by atoms with van der Waals surface area (Å²) in [5, 5.41) is 0. The second-order valence-corrected chi connectivity index (χ2v) is 6.40. The zero-order valence-corrected chi connectivity index (χ0v) is 14.3. The molecule has 0 aromatic heterocycles. The highest BCUT2D eigenvalue weighted by Crippen LogP contribution is 2.42. The van der Waals surface area contributed by atoms with E-state index in [0.29, 0.717) is 0 Å². The molecule has 0 spiro atoms. The molecule has 2 nitrogen and oxygen atoms in total. The number of para-hydroxylation sites is 2. The van der Waals surface area contributed by atoms with Crippen LogP contribution in [0.3, 0.4) is 0 Å². The van der Waals surface area contributed by atoms with Crippen molar-refractivity contribution in [1.29, 1.82) is 0 Å². The molecule has 0 fully saturated rings. The summed E-state index contributed by atoms with van der Waals surface area (Å²) in [4.78, 5) is 2.32. The first-order chi connectivity index (χ1) is 11.7. The van der Waals surface area contributed by atoms with Crippen molar-refractivity contribution in [3.63, 3.8) is 0 Å². The van der Waals surface area contributed by atoms with Gasteiger partial charge in [0.05, 0.1) is 5.69 Å². The number of nitrogens with zero attached hydrogens (tertiary/aromatic N) is 1. The molecular formula is C21H20BNO. The molecule has 0 aliphatic carbocycles. The van der Waals surface area contributed by atoms with E-state index in [9.17, 15) is 0 Å². The topological polar surface area (TPSA) is 12.5 Å². The molecular weight excluding hydrogens is 293 g/mol. The van der Waals surface area contributed by atoms with Crippen LogP contribution in [-0.2, 0) is 0 Å². The van der Waals surface area contributed by atoms with Crippen molar-refractivity contribution >= 4 is 23.9 Å². The molecule has 118 valence electrons. The quantitative estimate of drug-likeness (QED) is 0.644. The van der Waals surface area contributed by atoms with Gasteiger partial charge in [0.1, 0.15) is 5.75 Å². The van der Waals surface area contributed by atoms with Crippen molar-refractivity contribution in [2.45, 2.75) is 20.8 Å². The van der Waals surface area contributed by atoms with Crippen LogP contribution < -0.4 is 14.9 Å². The largest absolute Gasteiger partial charge is 0.536 e. The molecule has 0 atom stereocenters. The predicted octanol–water partition coefficient (Wildman–Crippen LogP) is 4.54. The Labute approximate surface area is 143 Å².